The molecule has 12 aromatic carbocycles. The van der Waals surface area contributed by atoms with E-state index in [4.69, 9.17) is 9.97 Å². The van der Waals surface area contributed by atoms with Gasteiger partial charge in [-0.25, -0.2) is 9.97 Å². The Morgan fingerprint density at radius 2 is 0.629 bits per heavy atom. The topological polar surface area (TPSA) is 35.6 Å². The Kier molecular flexibility index (Phi) is 9.17. The van der Waals surface area contributed by atoms with E-state index in [9.17, 15) is 0 Å². The maximum absolute atomic E-state index is 5.35. The smallest absolute Gasteiger partial charge is 0.145 e. The van der Waals surface area contributed by atoms with Crippen LogP contribution in [0, 0.1) is 0 Å². The summed E-state index contributed by atoms with van der Waals surface area (Å²) < 4.78 is 4.56. The SMILES string of the molecule is c1ccc(-n2c(-c3ccc(-c4ccc5c(-c6ccc7ccccc7c6)c6cc(-c7nc8ccccc8n7-c7ccccc7)ccc6c(-c6ccc7ccccc7c6)c5c4)cc3)nc3ccccc32)cc1. The van der Waals surface area contributed by atoms with Gasteiger partial charge in [0.15, 0.2) is 0 Å². The molecule has 0 bridgehead atoms. The normalized spacial score (nSPS) is 11.7. The lowest BCUT2D eigenvalue weighted by Crippen LogP contribution is -1.98. The van der Waals surface area contributed by atoms with Gasteiger partial charge < -0.3 is 0 Å². The maximum Gasteiger partial charge on any atom is 0.145 e. The van der Waals surface area contributed by atoms with Crippen molar-refractivity contribution in [3.63, 3.8) is 0 Å². The number of imidazole rings is 2. The second-order valence-corrected chi connectivity index (χ2v) is 18.2. The molecule has 14 aromatic rings. The molecule has 70 heavy (non-hydrogen) atoms. The van der Waals surface area contributed by atoms with Crippen LogP contribution >= 0.6 is 0 Å². The Labute approximate surface area is 404 Å². The highest BCUT2D eigenvalue weighted by atomic mass is 15.1. The average Bonchev–Trinajstić information content (AvgIpc) is 4.02. The summed E-state index contributed by atoms with van der Waals surface area (Å²) in [5.74, 6) is 1.82. The molecule has 4 nitrogen and oxygen atoms in total. The molecule has 326 valence electrons. The van der Waals surface area contributed by atoms with Crippen molar-refractivity contribution in [1.82, 2.24) is 19.1 Å². The highest BCUT2D eigenvalue weighted by Crippen LogP contribution is 2.47. The Bertz CT molecular complexity index is 4340. The van der Waals surface area contributed by atoms with Crippen LogP contribution in [-0.2, 0) is 0 Å². The zero-order valence-corrected chi connectivity index (χ0v) is 38.0. The zero-order valence-electron chi connectivity index (χ0n) is 38.0. The number of para-hydroxylation sites is 6. The molecular weight excluding hydrogens is 849 g/mol. The van der Waals surface area contributed by atoms with Crippen LogP contribution in [0.4, 0.5) is 0 Å². The Morgan fingerprint density at radius 3 is 1.16 bits per heavy atom. The molecule has 0 saturated heterocycles. The van der Waals surface area contributed by atoms with Gasteiger partial charge in [-0.2, -0.15) is 0 Å². The number of hydrogen-bond donors (Lipinski definition) is 0. The number of hydrogen-bond acceptors (Lipinski definition) is 2. The highest BCUT2D eigenvalue weighted by molar-refractivity contribution is 6.23. The molecule has 0 saturated carbocycles. The fourth-order valence-corrected chi connectivity index (χ4v) is 10.8. The van der Waals surface area contributed by atoms with Crippen molar-refractivity contribution < 1.29 is 0 Å². The van der Waals surface area contributed by atoms with E-state index < -0.39 is 0 Å². The van der Waals surface area contributed by atoms with Crippen LogP contribution in [0.1, 0.15) is 0 Å². The summed E-state index contributed by atoms with van der Waals surface area (Å²) in [6.45, 7) is 0. The van der Waals surface area contributed by atoms with Gasteiger partial charge in [0.25, 0.3) is 0 Å². The molecule has 0 atom stereocenters. The lowest BCUT2D eigenvalue weighted by molar-refractivity contribution is 1.10. The standard InChI is InChI=1S/C66H42N4/c1-3-19-53(20-4-1)69-61-25-13-11-23-59(61)67-65(69)46-31-27-45(28-32-46)49-35-37-55-57(41-49)63(50-33-29-43-15-7-9-17-47(43)39-50)56-38-36-52(42-58(56)64(55)51-34-30-44-16-8-10-18-48(44)40-51)66-68-60-24-12-14-26-62(60)70(66)54-21-5-2-6-22-54/h1-42H. The summed E-state index contributed by atoms with van der Waals surface area (Å²) in [4.78, 5) is 10.5. The van der Waals surface area contributed by atoms with Crippen LogP contribution in [0.5, 0.6) is 0 Å². The molecule has 0 radical (unpaired) electrons. The van der Waals surface area contributed by atoms with Gasteiger partial charge in [-0.05, 0) is 149 Å². The number of fused-ring (bicyclic) bond motifs is 6. The first kappa shape index (κ1) is 39.8. The molecule has 0 aliphatic carbocycles. The van der Waals surface area contributed by atoms with Crippen LogP contribution in [0.3, 0.4) is 0 Å². The first-order valence-corrected chi connectivity index (χ1v) is 23.9. The largest absolute Gasteiger partial charge is 0.292 e. The van der Waals surface area contributed by atoms with Gasteiger partial charge >= 0.3 is 0 Å². The van der Waals surface area contributed by atoms with E-state index in [0.717, 1.165) is 67.3 Å². The van der Waals surface area contributed by atoms with E-state index >= 15 is 0 Å². The summed E-state index contributed by atoms with van der Waals surface area (Å²) >= 11 is 0. The summed E-state index contributed by atoms with van der Waals surface area (Å²) in [6.07, 6.45) is 0. The first-order chi connectivity index (χ1) is 34.7. The van der Waals surface area contributed by atoms with E-state index in [1.165, 1.54) is 65.3 Å². The predicted octanol–water partition coefficient (Wildman–Crippen LogP) is 17.3. The minimum absolute atomic E-state index is 0.907. The third-order valence-corrected chi connectivity index (χ3v) is 14.1. The number of nitrogens with zero attached hydrogens (tertiary/aromatic N) is 4. The summed E-state index contributed by atoms with van der Waals surface area (Å²) in [6, 6.07) is 92.1. The Hall–Kier alpha value is -9.38. The van der Waals surface area contributed by atoms with Crippen molar-refractivity contribution in [3.05, 3.63) is 255 Å². The molecule has 0 N–H and O–H groups in total. The molecule has 14 rings (SSSR count). The molecule has 0 aliphatic heterocycles. The molecule has 0 amide bonds. The quantitative estimate of drug-likeness (QED) is 0.149. The van der Waals surface area contributed by atoms with E-state index in [0.29, 0.717) is 0 Å². The van der Waals surface area contributed by atoms with Crippen molar-refractivity contribution in [1.29, 1.82) is 0 Å². The van der Waals surface area contributed by atoms with Crippen molar-refractivity contribution in [2.45, 2.75) is 0 Å². The average molecular weight is 891 g/mol. The highest BCUT2D eigenvalue weighted by Gasteiger charge is 2.22. The van der Waals surface area contributed by atoms with Crippen molar-refractivity contribution in [2.24, 2.45) is 0 Å². The molecule has 0 aliphatic rings. The van der Waals surface area contributed by atoms with Crippen molar-refractivity contribution in [2.75, 3.05) is 0 Å². The molecule has 0 spiro atoms. The number of benzene rings is 12. The molecule has 2 aromatic heterocycles. The number of rotatable bonds is 7. The van der Waals surface area contributed by atoms with Crippen LogP contribution in [-0.4, -0.2) is 19.1 Å². The van der Waals surface area contributed by atoms with Crippen LogP contribution in [0.15, 0.2) is 255 Å². The third-order valence-electron chi connectivity index (χ3n) is 14.1. The van der Waals surface area contributed by atoms with Gasteiger partial charge in [0.1, 0.15) is 11.6 Å². The summed E-state index contributed by atoms with van der Waals surface area (Å²) in [5.41, 5.74) is 15.4. The molecular formula is C66H42N4. The fraction of sp³-hybridized carbons (Fsp3) is 0. The van der Waals surface area contributed by atoms with Crippen molar-refractivity contribution >= 4 is 65.2 Å². The van der Waals surface area contributed by atoms with Crippen LogP contribution in [0.2, 0.25) is 0 Å². The van der Waals surface area contributed by atoms with Gasteiger partial charge in [-0.1, -0.05) is 182 Å². The van der Waals surface area contributed by atoms with Crippen molar-refractivity contribution in [3.8, 4) is 67.5 Å². The molecule has 2 heterocycles. The maximum atomic E-state index is 5.35. The lowest BCUT2D eigenvalue weighted by Gasteiger charge is -2.20. The Morgan fingerprint density at radius 1 is 0.243 bits per heavy atom. The second-order valence-electron chi connectivity index (χ2n) is 18.2. The van der Waals surface area contributed by atoms with Gasteiger partial charge in [0.05, 0.1) is 22.1 Å². The van der Waals surface area contributed by atoms with E-state index in [1.54, 1.807) is 0 Å². The summed E-state index contributed by atoms with van der Waals surface area (Å²) in [5, 5.41) is 9.60. The van der Waals surface area contributed by atoms with Crippen LogP contribution in [0.25, 0.3) is 133 Å². The van der Waals surface area contributed by atoms with Crippen LogP contribution < -0.4 is 0 Å². The monoisotopic (exact) mass is 890 g/mol. The predicted molar refractivity (Wildman–Crippen MR) is 293 cm³/mol. The minimum Gasteiger partial charge on any atom is -0.292 e. The third kappa shape index (κ3) is 6.53. The second kappa shape index (κ2) is 16.2. The zero-order chi connectivity index (χ0) is 46.1. The van der Waals surface area contributed by atoms with Gasteiger partial charge in [-0.15, -0.1) is 0 Å². The first-order valence-electron chi connectivity index (χ1n) is 23.9. The Balaban J connectivity index is 1.02. The number of aromatic nitrogens is 4. The van der Waals surface area contributed by atoms with Gasteiger partial charge in [-0.3, -0.25) is 9.13 Å². The molecule has 4 heteroatoms. The van der Waals surface area contributed by atoms with Gasteiger partial charge in [0, 0.05) is 22.5 Å². The molecule has 0 fully saturated rings. The fourth-order valence-electron chi connectivity index (χ4n) is 10.8. The lowest BCUT2D eigenvalue weighted by atomic mass is 9.83. The summed E-state index contributed by atoms with van der Waals surface area (Å²) in [7, 11) is 0. The van der Waals surface area contributed by atoms with E-state index in [-0.39, 0.29) is 0 Å². The van der Waals surface area contributed by atoms with Gasteiger partial charge in [0.2, 0.25) is 0 Å². The minimum atomic E-state index is 0.907. The van der Waals surface area contributed by atoms with E-state index in [2.05, 4.69) is 264 Å². The van der Waals surface area contributed by atoms with E-state index in [1.807, 2.05) is 0 Å². The molecule has 0 unspecified atom stereocenters.